The van der Waals surface area contributed by atoms with Gasteiger partial charge in [0.15, 0.2) is 11.6 Å². The van der Waals surface area contributed by atoms with E-state index in [4.69, 9.17) is 16.3 Å². The maximum Gasteiger partial charge on any atom is 0.251 e. The largest absolute Gasteiger partial charge is 0.484 e. The van der Waals surface area contributed by atoms with Crippen molar-refractivity contribution in [3.63, 3.8) is 0 Å². The van der Waals surface area contributed by atoms with Crippen LogP contribution in [0.3, 0.4) is 0 Å². The Morgan fingerprint density at radius 3 is 2.80 bits per heavy atom. The van der Waals surface area contributed by atoms with Crippen molar-refractivity contribution in [1.29, 1.82) is 0 Å². The number of amides is 1. The molecule has 0 saturated carbocycles. The van der Waals surface area contributed by atoms with Crippen LogP contribution in [0.15, 0.2) is 54.9 Å². The smallest absolute Gasteiger partial charge is 0.251 e. The lowest BCUT2D eigenvalue weighted by atomic mass is 10.1. The first-order valence-electron chi connectivity index (χ1n) is 9.29. The van der Waals surface area contributed by atoms with Gasteiger partial charge in [0, 0.05) is 29.4 Å². The molecule has 0 atom stereocenters. The van der Waals surface area contributed by atoms with Crippen molar-refractivity contribution in [1.82, 2.24) is 15.3 Å². The summed E-state index contributed by atoms with van der Waals surface area (Å²) in [5, 5.41) is 6.11. The highest BCUT2D eigenvalue weighted by Crippen LogP contribution is 2.27. The predicted octanol–water partition coefficient (Wildman–Crippen LogP) is 3.64. The molecule has 4 rings (SSSR count). The molecule has 3 aromatic rings. The quantitative estimate of drug-likeness (QED) is 0.625. The number of nitrogens with one attached hydrogen (secondary N) is 2. The molecule has 1 aromatic heterocycles. The van der Waals surface area contributed by atoms with E-state index in [9.17, 15) is 9.18 Å². The molecule has 0 aliphatic carbocycles. The minimum absolute atomic E-state index is 0.142. The summed E-state index contributed by atoms with van der Waals surface area (Å²) in [5.74, 6) is 0.873. The lowest BCUT2D eigenvalue weighted by molar-refractivity contribution is 0.0963. The van der Waals surface area contributed by atoms with Gasteiger partial charge in [0.1, 0.15) is 24.1 Å². The van der Waals surface area contributed by atoms with E-state index in [1.807, 2.05) is 17.0 Å². The number of ether oxygens (including phenoxy) is 1. The van der Waals surface area contributed by atoms with Gasteiger partial charge in [0.2, 0.25) is 0 Å². The number of benzene rings is 2. The molecule has 2 N–H and O–H groups in total. The number of hydrogen-bond acceptors (Lipinski definition) is 6. The van der Waals surface area contributed by atoms with Gasteiger partial charge < -0.3 is 20.3 Å². The second-order valence-corrected chi connectivity index (χ2v) is 7.20. The van der Waals surface area contributed by atoms with Crippen molar-refractivity contribution in [2.24, 2.45) is 0 Å². The molecule has 154 valence electrons. The third-order valence-electron chi connectivity index (χ3n) is 4.64. The predicted molar refractivity (Wildman–Crippen MR) is 113 cm³/mol. The van der Waals surface area contributed by atoms with Gasteiger partial charge in [0.05, 0.1) is 13.1 Å². The molecule has 1 amide bonds. The molecule has 7 nitrogen and oxygen atoms in total. The van der Waals surface area contributed by atoms with Gasteiger partial charge in [-0.25, -0.2) is 14.4 Å². The van der Waals surface area contributed by atoms with Gasteiger partial charge in [-0.3, -0.25) is 4.79 Å². The number of carbonyl (C=O) groups is 1. The zero-order chi connectivity index (χ0) is 21.1. The Balaban J connectivity index is 1.38. The van der Waals surface area contributed by atoms with Crippen LogP contribution in [0.1, 0.15) is 10.4 Å². The molecular formula is C21H19ClFN5O2. The van der Waals surface area contributed by atoms with Gasteiger partial charge in [-0.05, 0) is 36.4 Å². The standard InChI is InChI=1S/C21H19ClFN5O2/c1-24-21(29)13-3-2-4-15(7-13)27-19-9-20(26-12-25-19)28-10-16(11-28)30-18-6-5-14(22)8-17(18)23/h2-9,12,16H,10-11H2,1H3,(H,24,29)(H,25,26,27). The highest BCUT2D eigenvalue weighted by Gasteiger charge is 2.30. The normalized spacial score (nSPS) is 13.5. The van der Waals surface area contributed by atoms with Gasteiger partial charge in [-0.15, -0.1) is 0 Å². The number of halogens is 2. The van der Waals surface area contributed by atoms with Crippen molar-refractivity contribution in [3.8, 4) is 5.75 Å². The zero-order valence-electron chi connectivity index (χ0n) is 16.1. The molecule has 2 aromatic carbocycles. The summed E-state index contributed by atoms with van der Waals surface area (Å²) in [6.45, 7) is 1.15. The van der Waals surface area contributed by atoms with Gasteiger partial charge in [0.25, 0.3) is 5.91 Å². The van der Waals surface area contributed by atoms with E-state index in [0.29, 0.717) is 29.5 Å². The Labute approximate surface area is 177 Å². The van der Waals surface area contributed by atoms with Crippen LogP contribution in [0.2, 0.25) is 5.02 Å². The molecule has 30 heavy (non-hydrogen) atoms. The second-order valence-electron chi connectivity index (χ2n) is 6.77. The molecule has 0 spiro atoms. The summed E-state index contributed by atoms with van der Waals surface area (Å²) in [5.41, 5.74) is 1.29. The Bertz CT molecular complexity index is 1070. The zero-order valence-corrected chi connectivity index (χ0v) is 16.9. The molecule has 1 aliphatic heterocycles. The number of hydrogen-bond donors (Lipinski definition) is 2. The third-order valence-corrected chi connectivity index (χ3v) is 4.87. The van der Waals surface area contributed by atoms with Crippen LogP contribution in [0, 0.1) is 5.82 Å². The fourth-order valence-corrected chi connectivity index (χ4v) is 3.23. The van der Waals surface area contributed by atoms with E-state index in [-0.39, 0.29) is 17.8 Å². The highest BCUT2D eigenvalue weighted by molar-refractivity contribution is 6.30. The van der Waals surface area contributed by atoms with Crippen molar-refractivity contribution in [2.45, 2.75) is 6.10 Å². The van der Waals surface area contributed by atoms with E-state index in [1.54, 1.807) is 31.3 Å². The Morgan fingerprint density at radius 1 is 1.20 bits per heavy atom. The van der Waals surface area contributed by atoms with Gasteiger partial charge in [-0.1, -0.05) is 17.7 Å². The summed E-state index contributed by atoms with van der Waals surface area (Å²) < 4.78 is 19.6. The molecule has 1 fully saturated rings. The molecule has 0 radical (unpaired) electrons. The van der Waals surface area contributed by atoms with Crippen molar-refractivity contribution >= 4 is 34.8 Å². The average molecular weight is 428 g/mol. The molecule has 2 heterocycles. The van der Waals surface area contributed by atoms with Crippen LogP contribution in [-0.4, -0.2) is 42.1 Å². The van der Waals surface area contributed by atoms with Crippen LogP contribution in [0.25, 0.3) is 0 Å². The monoisotopic (exact) mass is 427 g/mol. The van der Waals surface area contributed by atoms with Crippen LogP contribution in [0.5, 0.6) is 5.75 Å². The van der Waals surface area contributed by atoms with Gasteiger partial charge >= 0.3 is 0 Å². The first-order valence-corrected chi connectivity index (χ1v) is 9.67. The molecular weight excluding hydrogens is 409 g/mol. The lowest BCUT2D eigenvalue weighted by Gasteiger charge is -2.39. The van der Waals surface area contributed by atoms with E-state index in [1.165, 1.54) is 18.5 Å². The highest BCUT2D eigenvalue weighted by atomic mass is 35.5. The summed E-state index contributed by atoms with van der Waals surface area (Å²) >= 11 is 5.77. The summed E-state index contributed by atoms with van der Waals surface area (Å²) in [6, 6.07) is 13.3. The average Bonchev–Trinajstić information content (AvgIpc) is 2.71. The van der Waals surface area contributed by atoms with E-state index in [2.05, 4.69) is 20.6 Å². The second kappa shape index (κ2) is 8.54. The maximum atomic E-state index is 13.9. The topological polar surface area (TPSA) is 79.4 Å². The maximum absolute atomic E-state index is 13.9. The number of anilines is 3. The van der Waals surface area contributed by atoms with Crippen molar-refractivity contribution in [3.05, 3.63) is 71.3 Å². The number of nitrogens with zero attached hydrogens (tertiary/aromatic N) is 3. The van der Waals surface area contributed by atoms with Gasteiger partial charge in [-0.2, -0.15) is 0 Å². The fourth-order valence-electron chi connectivity index (χ4n) is 3.07. The van der Waals surface area contributed by atoms with Crippen LogP contribution in [-0.2, 0) is 0 Å². The molecule has 0 bridgehead atoms. The van der Waals surface area contributed by atoms with E-state index in [0.717, 1.165) is 11.5 Å². The number of carbonyl (C=O) groups excluding carboxylic acids is 1. The molecule has 9 heteroatoms. The van der Waals surface area contributed by atoms with E-state index < -0.39 is 5.82 Å². The first-order chi connectivity index (χ1) is 14.5. The van der Waals surface area contributed by atoms with Crippen molar-refractivity contribution in [2.75, 3.05) is 30.4 Å². The third kappa shape index (κ3) is 4.44. The molecule has 1 saturated heterocycles. The summed E-state index contributed by atoms with van der Waals surface area (Å²) in [6.07, 6.45) is 1.32. The Kier molecular flexibility index (Phi) is 5.67. The number of rotatable bonds is 6. The Hall–Kier alpha value is -3.39. The minimum Gasteiger partial charge on any atom is -0.484 e. The minimum atomic E-state index is -0.478. The summed E-state index contributed by atoms with van der Waals surface area (Å²) in [4.78, 5) is 22.3. The van der Waals surface area contributed by atoms with Crippen LogP contribution >= 0.6 is 11.6 Å². The van der Waals surface area contributed by atoms with Crippen LogP contribution in [0.4, 0.5) is 21.7 Å². The molecule has 0 unspecified atom stereocenters. The lowest BCUT2D eigenvalue weighted by Crippen LogP contribution is -2.54. The SMILES string of the molecule is CNC(=O)c1cccc(Nc2cc(N3CC(Oc4ccc(Cl)cc4F)C3)ncn2)c1. The first kappa shape index (κ1) is 19.9. The molecule has 1 aliphatic rings. The Morgan fingerprint density at radius 2 is 2.03 bits per heavy atom. The van der Waals surface area contributed by atoms with Crippen LogP contribution < -0.4 is 20.3 Å². The number of aromatic nitrogens is 2. The van der Waals surface area contributed by atoms with E-state index >= 15 is 0 Å². The van der Waals surface area contributed by atoms with Crippen molar-refractivity contribution < 1.29 is 13.9 Å². The fraction of sp³-hybridized carbons (Fsp3) is 0.190. The summed E-state index contributed by atoms with van der Waals surface area (Å²) in [7, 11) is 1.59.